The van der Waals surface area contributed by atoms with E-state index in [2.05, 4.69) is 9.05 Å². The van der Waals surface area contributed by atoms with Crippen molar-refractivity contribution in [2.75, 3.05) is 13.2 Å². The first-order valence-corrected chi connectivity index (χ1v) is 7.49. The fourth-order valence-corrected chi connectivity index (χ4v) is 2.94. The fourth-order valence-electron chi connectivity index (χ4n) is 1.22. The summed E-state index contributed by atoms with van der Waals surface area (Å²) in [5.74, 6) is -5.28. The summed E-state index contributed by atoms with van der Waals surface area (Å²) in [5.41, 5.74) is 0. The number of carbonyl (C=O) groups is 1. The van der Waals surface area contributed by atoms with E-state index in [0.29, 0.717) is 0 Å². The highest BCUT2D eigenvalue weighted by Crippen LogP contribution is 2.56. The predicted molar refractivity (Wildman–Crippen MR) is 64.0 cm³/mol. The van der Waals surface area contributed by atoms with Gasteiger partial charge in [0.05, 0.1) is 13.2 Å². The summed E-state index contributed by atoms with van der Waals surface area (Å²) in [4.78, 5) is 10.5. The van der Waals surface area contributed by atoms with E-state index in [9.17, 15) is 35.7 Å². The van der Waals surface area contributed by atoms with Crippen molar-refractivity contribution in [2.24, 2.45) is 0 Å². The molecule has 0 aromatic heterocycles. The Morgan fingerprint density at radius 2 is 1.59 bits per heavy atom. The quantitative estimate of drug-likeness (QED) is 0.410. The van der Waals surface area contributed by atoms with Gasteiger partial charge in [0.15, 0.2) is 0 Å². The summed E-state index contributed by atoms with van der Waals surface area (Å²) in [5, 5.41) is 1.43. The minimum atomic E-state index is -5.23. The SMILES string of the molecule is CCOP(=O)(OCC)C(NC=CC(=O)C(F)(F)F)C(F)(F)F. The van der Waals surface area contributed by atoms with Crippen LogP contribution in [0.15, 0.2) is 12.3 Å². The van der Waals surface area contributed by atoms with Crippen LogP contribution in [0.3, 0.4) is 0 Å². The number of carbonyl (C=O) groups excluding carboxylic acids is 1. The van der Waals surface area contributed by atoms with Crippen LogP contribution in [-0.4, -0.2) is 37.1 Å². The Kier molecular flexibility index (Phi) is 7.60. The second kappa shape index (κ2) is 7.98. The maximum Gasteiger partial charge on any atom is 0.454 e. The van der Waals surface area contributed by atoms with Gasteiger partial charge in [0.25, 0.3) is 5.78 Å². The number of halogens is 6. The topological polar surface area (TPSA) is 64.6 Å². The Morgan fingerprint density at radius 3 is 1.91 bits per heavy atom. The van der Waals surface area contributed by atoms with Gasteiger partial charge < -0.3 is 14.4 Å². The van der Waals surface area contributed by atoms with Crippen LogP contribution in [0, 0.1) is 0 Å². The van der Waals surface area contributed by atoms with Crippen LogP contribution in [0.5, 0.6) is 0 Å². The Morgan fingerprint density at radius 1 is 1.14 bits per heavy atom. The molecule has 0 amide bonds. The lowest BCUT2D eigenvalue weighted by Gasteiger charge is -2.27. The molecule has 0 aliphatic carbocycles. The van der Waals surface area contributed by atoms with Crippen molar-refractivity contribution in [3.8, 4) is 0 Å². The highest BCUT2D eigenvalue weighted by Gasteiger charge is 2.53. The van der Waals surface area contributed by atoms with E-state index in [4.69, 9.17) is 0 Å². The van der Waals surface area contributed by atoms with Crippen molar-refractivity contribution in [2.45, 2.75) is 32.0 Å². The number of nitrogens with one attached hydrogen (secondary N) is 1. The second-order valence-electron chi connectivity index (χ2n) is 3.68. The molecule has 0 heterocycles. The zero-order valence-corrected chi connectivity index (χ0v) is 12.4. The van der Waals surface area contributed by atoms with Gasteiger partial charge in [0, 0.05) is 12.3 Å². The predicted octanol–water partition coefficient (Wildman–Crippen LogP) is 3.38. The molecule has 1 atom stereocenters. The Bertz CT molecular complexity index is 438. The van der Waals surface area contributed by atoms with Crippen molar-refractivity contribution in [3.63, 3.8) is 0 Å². The third kappa shape index (κ3) is 6.37. The Labute approximate surface area is 122 Å². The molecule has 0 spiro atoms. The van der Waals surface area contributed by atoms with Gasteiger partial charge in [-0.05, 0) is 13.8 Å². The fraction of sp³-hybridized carbons (Fsp3) is 0.700. The Hall–Kier alpha value is -1.06. The minimum Gasteiger partial charge on any atom is -0.370 e. The van der Waals surface area contributed by atoms with Crippen LogP contribution in [0.1, 0.15) is 13.8 Å². The molecule has 0 aromatic rings. The summed E-state index contributed by atoms with van der Waals surface area (Å²) in [6, 6.07) is 0. The molecule has 1 unspecified atom stereocenters. The standard InChI is InChI=1S/C10H14F6NO4P/c1-3-20-22(19,21-4-2)8(10(14,15)16)17-6-5-7(18)9(11,12)13/h5-6,8,17H,3-4H2,1-2H3. The molecule has 0 aromatic carbocycles. The van der Waals surface area contributed by atoms with Gasteiger partial charge in [-0.2, -0.15) is 26.3 Å². The third-order valence-electron chi connectivity index (χ3n) is 2.01. The first-order valence-electron chi connectivity index (χ1n) is 5.87. The second-order valence-corrected chi connectivity index (χ2v) is 5.79. The monoisotopic (exact) mass is 357 g/mol. The van der Waals surface area contributed by atoms with Crippen molar-refractivity contribution in [1.82, 2.24) is 5.32 Å². The minimum absolute atomic E-state index is 0.110. The van der Waals surface area contributed by atoms with E-state index >= 15 is 0 Å². The average Bonchev–Trinajstić information content (AvgIpc) is 2.31. The largest absolute Gasteiger partial charge is 0.454 e. The molecule has 0 radical (unpaired) electrons. The summed E-state index contributed by atoms with van der Waals surface area (Å²) in [7, 11) is -4.73. The number of ketones is 1. The molecule has 0 aliphatic heterocycles. The van der Waals surface area contributed by atoms with E-state index in [1.807, 2.05) is 0 Å². The van der Waals surface area contributed by atoms with E-state index in [1.54, 1.807) is 0 Å². The molecule has 0 rings (SSSR count). The van der Waals surface area contributed by atoms with Crippen LogP contribution < -0.4 is 5.32 Å². The molecule has 0 saturated carbocycles. The van der Waals surface area contributed by atoms with E-state index in [1.165, 1.54) is 19.2 Å². The number of allylic oxidation sites excluding steroid dienone is 1. The van der Waals surface area contributed by atoms with E-state index in [-0.39, 0.29) is 25.5 Å². The van der Waals surface area contributed by atoms with Crippen LogP contribution >= 0.6 is 7.60 Å². The summed E-state index contributed by atoms with van der Waals surface area (Å²) >= 11 is 0. The highest BCUT2D eigenvalue weighted by molar-refractivity contribution is 7.54. The summed E-state index contributed by atoms with van der Waals surface area (Å²) < 4.78 is 95.5. The molecule has 22 heavy (non-hydrogen) atoms. The van der Waals surface area contributed by atoms with Gasteiger partial charge in [0.1, 0.15) is 0 Å². The number of hydrogen-bond donors (Lipinski definition) is 1. The molecule has 12 heteroatoms. The van der Waals surface area contributed by atoms with Gasteiger partial charge in [-0.15, -0.1) is 0 Å². The van der Waals surface area contributed by atoms with Crippen LogP contribution in [0.2, 0.25) is 0 Å². The van der Waals surface area contributed by atoms with Gasteiger partial charge in [-0.25, -0.2) is 0 Å². The lowest BCUT2D eigenvalue weighted by molar-refractivity contribution is -0.165. The smallest absolute Gasteiger partial charge is 0.370 e. The maximum atomic E-state index is 12.9. The number of rotatable bonds is 8. The van der Waals surface area contributed by atoms with E-state index in [0.717, 1.165) is 0 Å². The molecule has 0 bridgehead atoms. The van der Waals surface area contributed by atoms with Crippen LogP contribution in [0.25, 0.3) is 0 Å². The third-order valence-corrected chi connectivity index (χ3v) is 4.32. The lowest BCUT2D eigenvalue weighted by atomic mass is 10.4. The Balaban J connectivity index is 5.28. The molecule has 0 saturated heterocycles. The number of hydrogen-bond acceptors (Lipinski definition) is 5. The molecule has 1 N–H and O–H groups in total. The molecule has 0 fully saturated rings. The first kappa shape index (κ1) is 20.9. The highest BCUT2D eigenvalue weighted by atomic mass is 31.2. The first-order chi connectivity index (χ1) is 9.88. The van der Waals surface area contributed by atoms with Gasteiger partial charge in [-0.3, -0.25) is 9.36 Å². The molecular weight excluding hydrogens is 343 g/mol. The molecule has 0 aliphatic rings. The van der Waals surface area contributed by atoms with Crippen molar-refractivity contribution in [1.29, 1.82) is 0 Å². The lowest BCUT2D eigenvalue weighted by Crippen LogP contribution is -2.40. The molecule has 5 nitrogen and oxygen atoms in total. The average molecular weight is 357 g/mol. The van der Waals surface area contributed by atoms with Crippen LogP contribution in [0.4, 0.5) is 26.3 Å². The van der Waals surface area contributed by atoms with Crippen molar-refractivity contribution >= 4 is 13.4 Å². The maximum absolute atomic E-state index is 12.9. The zero-order chi connectivity index (χ0) is 17.6. The molecule has 130 valence electrons. The molecular formula is C10H14F6NO4P. The van der Waals surface area contributed by atoms with Gasteiger partial charge >= 0.3 is 19.9 Å². The van der Waals surface area contributed by atoms with Gasteiger partial charge in [-0.1, -0.05) is 0 Å². The normalized spacial score (nSPS) is 15.1. The van der Waals surface area contributed by atoms with Crippen LogP contribution in [-0.2, 0) is 18.4 Å². The van der Waals surface area contributed by atoms with Crippen molar-refractivity contribution < 1.29 is 44.7 Å². The number of alkyl halides is 6. The summed E-state index contributed by atoms with van der Waals surface area (Å²) in [6.07, 6.45) is -10.4. The zero-order valence-electron chi connectivity index (χ0n) is 11.5. The van der Waals surface area contributed by atoms with Crippen molar-refractivity contribution in [3.05, 3.63) is 12.3 Å². The van der Waals surface area contributed by atoms with E-state index < -0.39 is 31.5 Å². The summed E-state index contributed by atoms with van der Waals surface area (Å²) in [6.45, 7) is 1.78. The van der Waals surface area contributed by atoms with Gasteiger partial charge in [0.2, 0.25) is 5.78 Å².